The van der Waals surface area contributed by atoms with Crippen molar-refractivity contribution < 1.29 is 32.5 Å². The van der Waals surface area contributed by atoms with Crippen molar-refractivity contribution in [3.05, 3.63) is 41.5 Å². The van der Waals surface area contributed by atoms with E-state index in [1.165, 1.54) is 4.68 Å². The van der Waals surface area contributed by atoms with E-state index in [1.54, 1.807) is 26.1 Å². The number of halogens is 3. The first-order valence-corrected chi connectivity index (χ1v) is 11.9. The summed E-state index contributed by atoms with van der Waals surface area (Å²) in [5.74, 6) is 0.122. The topological polar surface area (TPSA) is 125 Å². The molecule has 37 heavy (non-hydrogen) atoms. The van der Waals surface area contributed by atoms with E-state index in [0.717, 1.165) is 31.5 Å². The quantitative estimate of drug-likeness (QED) is 0.497. The van der Waals surface area contributed by atoms with E-state index in [0.29, 0.717) is 40.9 Å². The van der Waals surface area contributed by atoms with E-state index < -0.39 is 23.8 Å². The zero-order valence-electron chi connectivity index (χ0n) is 20.1. The van der Waals surface area contributed by atoms with Crippen LogP contribution in [-0.2, 0) is 24.6 Å². The molecule has 3 aromatic heterocycles. The van der Waals surface area contributed by atoms with Gasteiger partial charge in [-0.15, -0.1) is 5.10 Å². The van der Waals surface area contributed by atoms with E-state index in [4.69, 9.17) is 9.47 Å². The fraction of sp³-hybridized carbons (Fsp3) is 0.500. The molecule has 4 atom stereocenters. The summed E-state index contributed by atoms with van der Waals surface area (Å²) in [6.45, 7) is 1.63. The summed E-state index contributed by atoms with van der Waals surface area (Å²) in [5, 5.41) is 17.6. The molecule has 2 fully saturated rings. The molecule has 5 rings (SSSR count). The number of fused-ring (bicyclic) bond motifs is 1. The highest BCUT2D eigenvalue weighted by atomic mass is 19.4. The number of aryl methyl sites for hydroxylation is 2. The molecule has 2 aliphatic rings. The molecule has 0 bridgehead atoms. The molecular formula is C24H25F3N6O4. The highest BCUT2D eigenvalue weighted by Crippen LogP contribution is 2.48. The Balaban J connectivity index is 1.28. The molecule has 3 heterocycles. The Morgan fingerprint density at radius 3 is 2.73 bits per heavy atom. The SMILES string of the molecule is Cc1nc(-c2nnn(C)c2COc2nccc(C(F)(F)F)n2)ccc1O[C@H]1C[C@H]2CC[C@@H](C(=O)O)[C@H]2C1. The number of carboxylic acid groups (broad SMARTS) is 1. The standard InChI is InChI=1S/C24H25F3N6O4/c1-12-19(37-14-9-13-3-4-15(22(34)35)16(13)10-14)6-5-17(29-12)21-18(33(2)32-31-21)11-36-23-28-8-7-20(30-23)24(25,26)27/h5-8,13-16H,3-4,9-11H2,1-2H3,(H,34,35)/t13-,14+,15-,16+/m1/s1. The van der Waals surface area contributed by atoms with Crippen LogP contribution in [0.5, 0.6) is 11.8 Å². The minimum Gasteiger partial charge on any atom is -0.489 e. The van der Waals surface area contributed by atoms with Gasteiger partial charge in [-0.2, -0.15) is 18.2 Å². The molecule has 0 spiro atoms. The van der Waals surface area contributed by atoms with E-state index in [1.807, 2.05) is 0 Å². The summed E-state index contributed by atoms with van der Waals surface area (Å²) in [7, 11) is 1.63. The first-order chi connectivity index (χ1) is 17.6. The van der Waals surface area contributed by atoms with Gasteiger partial charge in [0.05, 0.1) is 23.4 Å². The minimum atomic E-state index is -4.61. The van der Waals surface area contributed by atoms with Crippen LogP contribution in [0.4, 0.5) is 13.2 Å². The van der Waals surface area contributed by atoms with Crippen LogP contribution in [0, 0.1) is 24.7 Å². The smallest absolute Gasteiger partial charge is 0.433 e. The Morgan fingerprint density at radius 1 is 1.19 bits per heavy atom. The molecule has 2 saturated carbocycles. The van der Waals surface area contributed by atoms with Gasteiger partial charge in [0.15, 0.2) is 5.69 Å². The molecule has 0 unspecified atom stereocenters. The number of carbonyl (C=O) groups is 1. The van der Waals surface area contributed by atoms with Crippen molar-refractivity contribution >= 4 is 5.97 Å². The number of hydrogen-bond acceptors (Lipinski definition) is 8. The van der Waals surface area contributed by atoms with Gasteiger partial charge in [0, 0.05) is 13.2 Å². The summed E-state index contributed by atoms with van der Waals surface area (Å²) < 4.78 is 51.8. The maximum Gasteiger partial charge on any atom is 0.433 e. The average molecular weight is 518 g/mol. The van der Waals surface area contributed by atoms with Crippen molar-refractivity contribution in [2.24, 2.45) is 24.8 Å². The molecule has 0 amide bonds. The van der Waals surface area contributed by atoms with Crippen molar-refractivity contribution in [3.8, 4) is 23.1 Å². The molecule has 0 aliphatic heterocycles. The molecule has 3 aromatic rings. The molecule has 0 saturated heterocycles. The van der Waals surface area contributed by atoms with Gasteiger partial charge >= 0.3 is 18.2 Å². The monoisotopic (exact) mass is 518 g/mol. The lowest BCUT2D eigenvalue weighted by Crippen LogP contribution is -2.21. The third kappa shape index (κ3) is 5.07. The lowest BCUT2D eigenvalue weighted by Gasteiger charge is -2.18. The molecule has 10 nitrogen and oxygen atoms in total. The summed E-state index contributed by atoms with van der Waals surface area (Å²) in [6.07, 6.45) is -0.490. The highest BCUT2D eigenvalue weighted by Gasteiger charge is 2.47. The summed E-state index contributed by atoms with van der Waals surface area (Å²) >= 11 is 0. The van der Waals surface area contributed by atoms with Gasteiger partial charge in [0.2, 0.25) is 0 Å². The second-order valence-electron chi connectivity index (χ2n) is 9.46. The van der Waals surface area contributed by atoms with Gasteiger partial charge in [-0.05, 0) is 62.6 Å². The molecule has 0 aromatic carbocycles. The van der Waals surface area contributed by atoms with Gasteiger partial charge in [-0.25, -0.2) is 14.6 Å². The molecule has 2 aliphatic carbocycles. The number of nitrogens with zero attached hydrogens (tertiary/aromatic N) is 6. The van der Waals surface area contributed by atoms with Crippen LogP contribution in [-0.4, -0.2) is 47.1 Å². The van der Waals surface area contributed by atoms with E-state index in [2.05, 4.69) is 25.3 Å². The second kappa shape index (κ2) is 9.60. The first-order valence-electron chi connectivity index (χ1n) is 11.9. The van der Waals surface area contributed by atoms with Gasteiger partial charge in [-0.1, -0.05) is 5.21 Å². The number of aromatic nitrogens is 6. The predicted molar refractivity (Wildman–Crippen MR) is 121 cm³/mol. The van der Waals surface area contributed by atoms with Crippen LogP contribution in [0.15, 0.2) is 24.4 Å². The number of rotatable bonds is 7. The summed E-state index contributed by atoms with van der Waals surface area (Å²) in [4.78, 5) is 23.3. The van der Waals surface area contributed by atoms with Gasteiger partial charge in [-0.3, -0.25) is 4.79 Å². The van der Waals surface area contributed by atoms with Crippen LogP contribution < -0.4 is 9.47 Å². The van der Waals surface area contributed by atoms with Gasteiger partial charge < -0.3 is 14.6 Å². The molecule has 13 heteroatoms. The zero-order valence-corrected chi connectivity index (χ0v) is 20.1. The van der Waals surface area contributed by atoms with E-state index >= 15 is 0 Å². The Labute approximate surface area is 209 Å². The molecular weight excluding hydrogens is 493 g/mol. The number of aliphatic carboxylic acids is 1. The van der Waals surface area contributed by atoms with Crippen molar-refractivity contribution in [2.75, 3.05) is 0 Å². The minimum absolute atomic E-state index is 0.0589. The Bertz CT molecular complexity index is 1310. The predicted octanol–water partition coefficient (Wildman–Crippen LogP) is 3.84. The normalized spacial score (nSPS) is 23.2. The van der Waals surface area contributed by atoms with E-state index in [-0.39, 0.29) is 24.5 Å². The van der Waals surface area contributed by atoms with Crippen LogP contribution in [0.1, 0.15) is 42.8 Å². The Morgan fingerprint density at radius 2 is 2.00 bits per heavy atom. The van der Waals surface area contributed by atoms with Crippen LogP contribution >= 0.6 is 0 Å². The van der Waals surface area contributed by atoms with Crippen molar-refractivity contribution in [3.63, 3.8) is 0 Å². The third-order valence-electron chi connectivity index (χ3n) is 7.17. The van der Waals surface area contributed by atoms with Crippen LogP contribution in [0.3, 0.4) is 0 Å². The first kappa shape index (κ1) is 24.9. The van der Waals surface area contributed by atoms with Gasteiger partial charge in [0.1, 0.15) is 23.7 Å². The molecule has 1 N–H and O–H groups in total. The number of carboxylic acids is 1. The fourth-order valence-corrected chi connectivity index (χ4v) is 5.36. The lowest BCUT2D eigenvalue weighted by atomic mass is 9.92. The lowest BCUT2D eigenvalue weighted by molar-refractivity contribution is -0.143. The van der Waals surface area contributed by atoms with Gasteiger partial charge in [0.25, 0.3) is 0 Å². The van der Waals surface area contributed by atoms with Crippen molar-refractivity contribution in [2.45, 2.75) is 51.5 Å². The summed E-state index contributed by atoms with van der Waals surface area (Å²) in [6, 6.07) is 3.87. The second-order valence-corrected chi connectivity index (χ2v) is 9.46. The average Bonchev–Trinajstić information content (AvgIpc) is 3.52. The van der Waals surface area contributed by atoms with Crippen LogP contribution in [0.25, 0.3) is 11.4 Å². The van der Waals surface area contributed by atoms with Crippen molar-refractivity contribution in [1.82, 2.24) is 29.9 Å². The maximum absolute atomic E-state index is 12.9. The molecule has 196 valence electrons. The van der Waals surface area contributed by atoms with E-state index in [9.17, 15) is 23.1 Å². The number of alkyl halides is 3. The highest BCUT2D eigenvalue weighted by molar-refractivity contribution is 5.71. The largest absolute Gasteiger partial charge is 0.489 e. The van der Waals surface area contributed by atoms with Crippen LogP contribution in [0.2, 0.25) is 0 Å². The zero-order chi connectivity index (χ0) is 26.3. The number of pyridine rings is 1. The maximum atomic E-state index is 12.9. The summed E-state index contributed by atoms with van der Waals surface area (Å²) in [5.41, 5.74) is 0.908. The Hall–Kier alpha value is -3.77. The third-order valence-corrected chi connectivity index (χ3v) is 7.17. The molecule has 0 radical (unpaired) electrons. The number of ether oxygens (including phenoxy) is 2. The number of hydrogen-bond donors (Lipinski definition) is 1. The Kier molecular flexibility index (Phi) is 6.46. The fourth-order valence-electron chi connectivity index (χ4n) is 5.36. The van der Waals surface area contributed by atoms with Crippen molar-refractivity contribution in [1.29, 1.82) is 0 Å².